The molecule has 5 heteroatoms. The number of nitrogens with zero attached hydrogens (tertiary/aromatic N) is 1. The molecule has 2 fully saturated rings. The number of benzene rings is 1. The smallest absolute Gasteiger partial charge is 0.252 e. The Labute approximate surface area is 144 Å². The van der Waals surface area contributed by atoms with E-state index in [1.54, 1.807) is 7.11 Å². The van der Waals surface area contributed by atoms with Crippen LogP contribution in [-0.2, 0) is 4.79 Å². The normalized spacial score (nSPS) is 21.6. The Balaban J connectivity index is 1.75. The average Bonchev–Trinajstić information content (AvgIpc) is 2.61. The second-order valence-electron chi connectivity index (χ2n) is 6.95. The van der Waals surface area contributed by atoms with Gasteiger partial charge in [-0.15, -0.1) is 0 Å². The van der Waals surface area contributed by atoms with Gasteiger partial charge in [0.15, 0.2) is 0 Å². The number of hydrogen-bond acceptors (Lipinski definition) is 4. The van der Waals surface area contributed by atoms with Gasteiger partial charge in [0.1, 0.15) is 11.4 Å². The van der Waals surface area contributed by atoms with Crippen LogP contribution in [0.1, 0.15) is 50.1 Å². The largest absolute Gasteiger partial charge is 0.496 e. The molecule has 5 nitrogen and oxygen atoms in total. The molecule has 0 bridgehead atoms. The standard InChI is InChI=1S/C19H28N2O3/c1-24-17-9-4-3-8-15(17)16(21-12-5-2-6-13-21)14-20-18(22)19(23)10-7-11-19/h3-4,8-9,16,23H,2,5-7,10-14H2,1H3,(H,20,22). The topological polar surface area (TPSA) is 61.8 Å². The molecule has 3 rings (SSSR count). The van der Waals surface area contributed by atoms with Crippen molar-refractivity contribution in [1.82, 2.24) is 10.2 Å². The van der Waals surface area contributed by atoms with Crippen molar-refractivity contribution in [2.24, 2.45) is 0 Å². The number of rotatable bonds is 6. The molecule has 1 aliphatic heterocycles. The van der Waals surface area contributed by atoms with Crippen LogP contribution in [0.3, 0.4) is 0 Å². The molecule has 1 aromatic carbocycles. The van der Waals surface area contributed by atoms with Crippen LogP contribution in [0.25, 0.3) is 0 Å². The fourth-order valence-corrected chi connectivity index (χ4v) is 3.70. The molecule has 0 radical (unpaired) electrons. The third-order valence-corrected chi connectivity index (χ3v) is 5.39. The number of hydrogen-bond donors (Lipinski definition) is 2. The summed E-state index contributed by atoms with van der Waals surface area (Å²) in [6, 6.07) is 8.09. The van der Waals surface area contributed by atoms with E-state index in [0.717, 1.165) is 30.8 Å². The van der Waals surface area contributed by atoms with Gasteiger partial charge in [0.05, 0.1) is 13.2 Å². The monoisotopic (exact) mass is 332 g/mol. The molecule has 0 aromatic heterocycles. The Bertz CT molecular complexity index is 565. The van der Waals surface area contributed by atoms with Crippen molar-refractivity contribution in [1.29, 1.82) is 0 Å². The van der Waals surface area contributed by atoms with Crippen molar-refractivity contribution in [3.63, 3.8) is 0 Å². The van der Waals surface area contributed by atoms with Gasteiger partial charge < -0.3 is 15.2 Å². The first-order chi connectivity index (χ1) is 11.6. The minimum Gasteiger partial charge on any atom is -0.496 e. The highest BCUT2D eigenvalue weighted by Crippen LogP contribution is 2.33. The Morgan fingerprint density at radius 1 is 1.25 bits per heavy atom. The Hall–Kier alpha value is -1.59. The van der Waals surface area contributed by atoms with Crippen LogP contribution in [0, 0.1) is 0 Å². The van der Waals surface area contributed by atoms with Crippen LogP contribution in [0.15, 0.2) is 24.3 Å². The van der Waals surface area contributed by atoms with Gasteiger partial charge in [-0.3, -0.25) is 9.69 Å². The Morgan fingerprint density at radius 3 is 2.58 bits per heavy atom. The lowest BCUT2D eigenvalue weighted by Crippen LogP contribution is -2.53. The number of ether oxygens (including phenoxy) is 1. The first-order valence-electron chi connectivity index (χ1n) is 9.02. The quantitative estimate of drug-likeness (QED) is 0.839. The summed E-state index contributed by atoms with van der Waals surface area (Å²) in [5.41, 5.74) is -0.0458. The fourth-order valence-electron chi connectivity index (χ4n) is 3.70. The summed E-state index contributed by atoms with van der Waals surface area (Å²) in [7, 11) is 1.68. The first-order valence-corrected chi connectivity index (χ1v) is 9.02. The van der Waals surface area contributed by atoms with E-state index in [4.69, 9.17) is 4.74 Å². The molecule has 1 saturated heterocycles. The van der Waals surface area contributed by atoms with Gasteiger partial charge in [-0.05, 0) is 51.3 Å². The number of likely N-dealkylation sites (tertiary alicyclic amines) is 1. The highest BCUT2D eigenvalue weighted by Gasteiger charge is 2.42. The number of amides is 1. The minimum absolute atomic E-state index is 0.0778. The first kappa shape index (κ1) is 17.2. The van der Waals surface area contributed by atoms with Gasteiger partial charge in [0.2, 0.25) is 0 Å². The van der Waals surface area contributed by atoms with Gasteiger partial charge in [-0.2, -0.15) is 0 Å². The van der Waals surface area contributed by atoms with Gasteiger partial charge in [-0.1, -0.05) is 24.6 Å². The van der Waals surface area contributed by atoms with Crippen molar-refractivity contribution in [3.05, 3.63) is 29.8 Å². The van der Waals surface area contributed by atoms with Crippen LogP contribution >= 0.6 is 0 Å². The predicted molar refractivity (Wildman–Crippen MR) is 93.0 cm³/mol. The van der Waals surface area contributed by atoms with Crippen LogP contribution in [-0.4, -0.2) is 48.3 Å². The maximum atomic E-state index is 12.3. The Morgan fingerprint density at radius 2 is 1.96 bits per heavy atom. The van der Waals surface area contributed by atoms with Crippen molar-refractivity contribution in [3.8, 4) is 5.75 Å². The highest BCUT2D eigenvalue weighted by atomic mass is 16.5. The average molecular weight is 332 g/mol. The lowest BCUT2D eigenvalue weighted by molar-refractivity contribution is -0.148. The lowest BCUT2D eigenvalue weighted by atomic mass is 9.79. The molecule has 2 aliphatic rings. The summed E-state index contributed by atoms with van der Waals surface area (Å²) in [4.78, 5) is 14.7. The fraction of sp³-hybridized carbons (Fsp3) is 0.632. The van der Waals surface area contributed by atoms with Crippen LogP contribution in [0.5, 0.6) is 5.75 Å². The third kappa shape index (κ3) is 3.57. The predicted octanol–water partition coefficient (Wildman–Crippen LogP) is 2.25. The van der Waals surface area contributed by atoms with E-state index in [1.807, 2.05) is 18.2 Å². The van der Waals surface area contributed by atoms with E-state index in [9.17, 15) is 9.90 Å². The molecule has 1 saturated carbocycles. The second-order valence-corrected chi connectivity index (χ2v) is 6.95. The van der Waals surface area contributed by atoms with Crippen molar-refractivity contribution in [2.45, 2.75) is 50.2 Å². The lowest BCUT2D eigenvalue weighted by Gasteiger charge is -2.38. The molecule has 132 valence electrons. The molecule has 1 amide bonds. The van der Waals surface area contributed by atoms with Gasteiger partial charge in [-0.25, -0.2) is 0 Å². The number of para-hydroxylation sites is 1. The van der Waals surface area contributed by atoms with Gasteiger partial charge in [0, 0.05) is 12.1 Å². The second kappa shape index (κ2) is 7.53. The molecule has 0 spiro atoms. The highest BCUT2D eigenvalue weighted by molar-refractivity contribution is 5.85. The summed E-state index contributed by atoms with van der Waals surface area (Å²) in [6.07, 6.45) is 5.70. The number of nitrogens with one attached hydrogen (secondary N) is 1. The molecule has 1 unspecified atom stereocenters. The SMILES string of the molecule is COc1ccccc1C(CNC(=O)C1(O)CCC1)N1CCCCC1. The number of piperidine rings is 1. The van der Waals surface area contributed by atoms with Crippen molar-refractivity contribution < 1.29 is 14.6 Å². The van der Waals surface area contributed by atoms with Crippen LogP contribution < -0.4 is 10.1 Å². The number of carbonyl (C=O) groups excluding carboxylic acids is 1. The number of methoxy groups -OCH3 is 1. The van der Waals surface area contributed by atoms with Gasteiger partial charge in [0.25, 0.3) is 5.91 Å². The van der Waals surface area contributed by atoms with Crippen LogP contribution in [0.4, 0.5) is 0 Å². The van der Waals surface area contributed by atoms with E-state index in [-0.39, 0.29) is 11.9 Å². The van der Waals surface area contributed by atoms with E-state index in [0.29, 0.717) is 19.4 Å². The molecule has 1 aromatic rings. The maximum Gasteiger partial charge on any atom is 0.252 e. The van der Waals surface area contributed by atoms with Crippen molar-refractivity contribution in [2.75, 3.05) is 26.7 Å². The zero-order valence-corrected chi connectivity index (χ0v) is 14.5. The Kier molecular flexibility index (Phi) is 5.41. The van der Waals surface area contributed by atoms with E-state index >= 15 is 0 Å². The molecule has 24 heavy (non-hydrogen) atoms. The zero-order chi connectivity index (χ0) is 17.0. The molecule has 1 atom stereocenters. The number of carbonyl (C=O) groups is 1. The summed E-state index contributed by atoms with van der Waals surface area (Å²) >= 11 is 0. The summed E-state index contributed by atoms with van der Waals surface area (Å²) in [5.74, 6) is 0.621. The number of aliphatic hydroxyl groups is 1. The molecule has 1 aliphatic carbocycles. The van der Waals surface area contributed by atoms with Gasteiger partial charge >= 0.3 is 0 Å². The van der Waals surface area contributed by atoms with Crippen LogP contribution in [0.2, 0.25) is 0 Å². The molecular formula is C19H28N2O3. The summed E-state index contributed by atoms with van der Waals surface area (Å²) < 4.78 is 5.53. The molecule has 1 heterocycles. The zero-order valence-electron chi connectivity index (χ0n) is 14.5. The van der Waals surface area contributed by atoms with E-state index in [2.05, 4.69) is 16.3 Å². The molecule has 2 N–H and O–H groups in total. The maximum absolute atomic E-state index is 12.3. The van der Waals surface area contributed by atoms with Crippen molar-refractivity contribution >= 4 is 5.91 Å². The summed E-state index contributed by atoms with van der Waals surface area (Å²) in [5, 5.41) is 13.2. The molecular weight excluding hydrogens is 304 g/mol. The van der Waals surface area contributed by atoms with E-state index in [1.165, 1.54) is 19.3 Å². The summed E-state index contributed by atoms with van der Waals surface area (Å²) in [6.45, 7) is 2.56. The minimum atomic E-state index is -1.15. The van der Waals surface area contributed by atoms with E-state index < -0.39 is 5.60 Å². The third-order valence-electron chi connectivity index (χ3n) is 5.39.